The zero-order valence-electron chi connectivity index (χ0n) is 16.1. The van der Waals surface area contributed by atoms with Crippen LogP contribution >= 0.6 is 0 Å². The molecule has 0 bridgehead atoms. The molecule has 1 saturated carbocycles. The molecule has 27 heavy (non-hydrogen) atoms. The SMILES string of the molecule is C[NH+](C)CCNC(=O)[C@H]1COC2(CCCCC2)N1C(=O)c1ccc(F)cc1. The maximum atomic E-state index is 13.3. The molecule has 1 heterocycles. The number of nitrogens with one attached hydrogen (secondary N) is 2. The average Bonchev–Trinajstić information content (AvgIpc) is 3.00. The van der Waals surface area contributed by atoms with E-state index in [1.807, 2.05) is 14.1 Å². The predicted octanol–water partition coefficient (Wildman–Crippen LogP) is 0.588. The Balaban J connectivity index is 1.83. The van der Waals surface area contributed by atoms with Gasteiger partial charge in [-0.1, -0.05) is 6.42 Å². The smallest absolute Gasteiger partial charge is 0.256 e. The van der Waals surface area contributed by atoms with Crippen LogP contribution in [0, 0.1) is 5.82 Å². The highest BCUT2D eigenvalue weighted by Crippen LogP contribution is 2.41. The Morgan fingerprint density at radius 3 is 2.52 bits per heavy atom. The van der Waals surface area contributed by atoms with Crippen molar-refractivity contribution in [3.05, 3.63) is 35.6 Å². The first-order valence-corrected chi connectivity index (χ1v) is 9.73. The summed E-state index contributed by atoms with van der Waals surface area (Å²) in [5.41, 5.74) is -0.346. The Bertz CT molecular complexity index is 672. The molecule has 2 amide bonds. The number of nitrogens with zero attached hydrogens (tertiary/aromatic N) is 1. The third-order valence-electron chi connectivity index (χ3n) is 5.43. The number of amides is 2. The van der Waals surface area contributed by atoms with E-state index in [4.69, 9.17) is 4.74 Å². The van der Waals surface area contributed by atoms with E-state index in [2.05, 4.69) is 5.32 Å². The van der Waals surface area contributed by atoms with E-state index in [1.165, 1.54) is 29.2 Å². The molecular formula is C20H29FN3O3+. The van der Waals surface area contributed by atoms with Crippen molar-refractivity contribution in [2.24, 2.45) is 0 Å². The van der Waals surface area contributed by atoms with Crippen LogP contribution in [0.2, 0.25) is 0 Å². The van der Waals surface area contributed by atoms with Gasteiger partial charge in [-0.05, 0) is 49.9 Å². The molecule has 2 fully saturated rings. The second-order valence-electron chi connectivity index (χ2n) is 7.76. The van der Waals surface area contributed by atoms with Gasteiger partial charge in [-0.2, -0.15) is 0 Å². The topological polar surface area (TPSA) is 63.1 Å². The third kappa shape index (κ3) is 4.30. The van der Waals surface area contributed by atoms with E-state index in [1.54, 1.807) is 4.90 Å². The number of likely N-dealkylation sites (N-methyl/N-ethyl adjacent to an activating group) is 1. The summed E-state index contributed by atoms with van der Waals surface area (Å²) in [5, 5.41) is 2.93. The molecule has 148 valence electrons. The highest BCUT2D eigenvalue weighted by atomic mass is 19.1. The van der Waals surface area contributed by atoms with Gasteiger partial charge in [0.1, 0.15) is 17.6 Å². The van der Waals surface area contributed by atoms with Gasteiger partial charge in [0.25, 0.3) is 5.91 Å². The van der Waals surface area contributed by atoms with Crippen molar-refractivity contribution in [1.82, 2.24) is 10.2 Å². The number of hydrogen-bond acceptors (Lipinski definition) is 3. The van der Waals surface area contributed by atoms with Gasteiger partial charge < -0.3 is 15.0 Å². The van der Waals surface area contributed by atoms with E-state index >= 15 is 0 Å². The maximum Gasteiger partial charge on any atom is 0.256 e. The van der Waals surface area contributed by atoms with Crippen LogP contribution in [0.4, 0.5) is 4.39 Å². The summed E-state index contributed by atoms with van der Waals surface area (Å²) in [6.45, 7) is 1.55. The molecule has 1 spiro atoms. The first-order chi connectivity index (χ1) is 12.9. The maximum absolute atomic E-state index is 13.3. The summed E-state index contributed by atoms with van der Waals surface area (Å²) in [5.74, 6) is -0.848. The lowest BCUT2D eigenvalue weighted by Crippen LogP contribution is -3.06. The van der Waals surface area contributed by atoms with E-state index in [9.17, 15) is 14.0 Å². The van der Waals surface area contributed by atoms with Crippen molar-refractivity contribution in [2.45, 2.75) is 43.9 Å². The van der Waals surface area contributed by atoms with E-state index in [0.29, 0.717) is 12.1 Å². The van der Waals surface area contributed by atoms with Crippen LogP contribution in [0.3, 0.4) is 0 Å². The lowest BCUT2D eigenvalue weighted by atomic mass is 9.89. The van der Waals surface area contributed by atoms with Crippen molar-refractivity contribution in [3.8, 4) is 0 Å². The normalized spacial score (nSPS) is 21.6. The number of carbonyl (C=O) groups is 2. The molecule has 3 rings (SSSR count). The molecule has 6 nitrogen and oxygen atoms in total. The number of benzene rings is 1. The summed E-state index contributed by atoms with van der Waals surface area (Å²) >= 11 is 0. The van der Waals surface area contributed by atoms with Crippen LogP contribution in [0.15, 0.2) is 24.3 Å². The largest absolute Gasteiger partial charge is 0.353 e. The average molecular weight is 378 g/mol. The molecule has 2 aliphatic rings. The molecule has 1 saturated heterocycles. The van der Waals surface area contributed by atoms with Crippen molar-refractivity contribution in [2.75, 3.05) is 33.8 Å². The molecule has 1 aromatic carbocycles. The van der Waals surface area contributed by atoms with Crippen molar-refractivity contribution >= 4 is 11.8 Å². The van der Waals surface area contributed by atoms with Gasteiger partial charge >= 0.3 is 0 Å². The Morgan fingerprint density at radius 1 is 1.22 bits per heavy atom. The molecule has 1 atom stereocenters. The second-order valence-corrected chi connectivity index (χ2v) is 7.76. The van der Waals surface area contributed by atoms with Crippen molar-refractivity contribution in [1.29, 1.82) is 0 Å². The van der Waals surface area contributed by atoms with Crippen molar-refractivity contribution < 1.29 is 23.6 Å². The van der Waals surface area contributed by atoms with Gasteiger partial charge in [0.2, 0.25) is 5.91 Å². The predicted molar refractivity (Wildman–Crippen MR) is 98.8 cm³/mol. The van der Waals surface area contributed by atoms with Crippen LogP contribution < -0.4 is 10.2 Å². The van der Waals surface area contributed by atoms with Gasteiger partial charge in [-0.15, -0.1) is 0 Å². The first-order valence-electron chi connectivity index (χ1n) is 9.73. The number of rotatable bonds is 5. The molecule has 0 unspecified atom stereocenters. The first kappa shape index (κ1) is 19.8. The summed E-state index contributed by atoms with van der Waals surface area (Å²) in [4.78, 5) is 28.9. The molecule has 1 aromatic rings. The van der Waals surface area contributed by atoms with Crippen LogP contribution in [0.1, 0.15) is 42.5 Å². The van der Waals surface area contributed by atoms with Crippen LogP contribution in [-0.2, 0) is 9.53 Å². The highest BCUT2D eigenvalue weighted by Gasteiger charge is 2.52. The Hall–Kier alpha value is -1.99. The minimum Gasteiger partial charge on any atom is -0.353 e. The van der Waals surface area contributed by atoms with Gasteiger partial charge in [0.15, 0.2) is 0 Å². The molecule has 1 aliphatic carbocycles. The van der Waals surface area contributed by atoms with E-state index in [-0.39, 0.29) is 18.4 Å². The van der Waals surface area contributed by atoms with E-state index < -0.39 is 17.6 Å². The van der Waals surface area contributed by atoms with Crippen LogP contribution in [-0.4, -0.2) is 62.3 Å². The summed E-state index contributed by atoms with van der Waals surface area (Å²) in [6.07, 6.45) is 4.49. The third-order valence-corrected chi connectivity index (χ3v) is 5.43. The zero-order valence-corrected chi connectivity index (χ0v) is 16.1. The summed E-state index contributed by atoms with van der Waals surface area (Å²) < 4.78 is 19.4. The second kappa shape index (κ2) is 8.35. The van der Waals surface area contributed by atoms with Gasteiger partial charge in [0, 0.05) is 5.56 Å². The summed E-state index contributed by atoms with van der Waals surface area (Å²) in [6, 6.07) is 4.82. The van der Waals surface area contributed by atoms with Gasteiger partial charge in [0.05, 0.1) is 33.8 Å². The van der Waals surface area contributed by atoms with Gasteiger partial charge in [-0.25, -0.2) is 4.39 Å². The minimum atomic E-state index is -0.724. The number of hydrogen-bond donors (Lipinski definition) is 2. The monoisotopic (exact) mass is 378 g/mol. The fraction of sp³-hybridized carbons (Fsp3) is 0.600. The van der Waals surface area contributed by atoms with Crippen molar-refractivity contribution in [3.63, 3.8) is 0 Å². The Kier molecular flexibility index (Phi) is 6.11. The Morgan fingerprint density at radius 2 is 1.89 bits per heavy atom. The fourth-order valence-electron chi connectivity index (χ4n) is 3.96. The number of halogens is 1. The molecule has 0 radical (unpaired) electrons. The lowest BCUT2D eigenvalue weighted by molar-refractivity contribution is -0.856. The van der Waals surface area contributed by atoms with E-state index in [0.717, 1.165) is 38.6 Å². The quantitative estimate of drug-likeness (QED) is 0.788. The number of ether oxygens (including phenoxy) is 1. The molecule has 7 heteroatoms. The number of quaternary nitrogens is 1. The van der Waals surface area contributed by atoms with Gasteiger partial charge in [-0.3, -0.25) is 14.5 Å². The standard InChI is InChI=1S/C20H28FN3O3/c1-23(2)13-12-22-18(25)17-14-27-20(10-4-3-5-11-20)24(17)19(26)15-6-8-16(21)9-7-15/h6-9,17H,3-5,10-14H2,1-2H3,(H,22,25)/p+1/t17-/m1/s1. The van der Waals surface area contributed by atoms with Crippen LogP contribution in [0.5, 0.6) is 0 Å². The Labute approximate surface area is 159 Å². The highest BCUT2D eigenvalue weighted by molar-refractivity contribution is 5.98. The molecular weight excluding hydrogens is 349 g/mol. The molecule has 2 N–H and O–H groups in total. The molecule has 0 aromatic heterocycles. The fourth-order valence-corrected chi connectivity index (χ4v) is 3.96. The lowest BCUT2D eigenvalue weighted by Gasteiger charge is -2.41. The summed E-state index contributed by atoms with van der Waals surface area (Å²) in [7, 11) is 4.04. The van der Waals surface area contributed by atoms with Crippen LogP contribution in [0.25, 0.3) is 0 Å². The number of carbonyl (C=O) groups excluding carboxylic acids is 2. The molecule has 1 aliphatic heterocycles. The minimum absolute atomic E-state index is 0.186. The zero-order chi connectivity index (χ0) is 19.4.